The molecular formula is C17H9FNO3S2-. The molecule has 0 radical (unpaired) electrons. The SMILES string of the molecule is O=C([O-])c1cccc(N2C(=O)/C(=C/c3ccc(F)cc3)SC2=S)c1. The van der Waals surface area contributed by atoms with E-state index in [-0.39, 0.29) is 17.3 Å². The van der Waals surface area contributed by atoms with Crippen molar-refractivity contribution < 1.29 is 19.1 Å². The first-order chi connectivity index (χ1) is 11.5. The molecule has 0 saturated carbocycles. The second kappa shape index (κ2) is 6.54. The molecule has 1 aliphatic heterocycles. The lowest BCUT2D eigenvalue weighted by atomic mass is 10.2. The zero-order valence-electron chi connectivity index (χ0n) is 12.1. The van der Waals surface area contributed by atoms with Crippen LogP contribution in [0.1, 0.15) is 15.9 Å². The fourth-order valence-corrected chi connectivity index (χ4v) is 3.47. The van der Waals surface area contributed by atoms with Crippen molar-refractivity contribution in [3.8, 4) is 0 Å². The number of halogens is 1. The number of benzene rings is 2. The molecule has 1 amide bonds. The smallest absolute Gasteiger partial charge is 0.270 e. The van der Waals surface area contributed by atoms with Crippen LogP contribution in [-0.4, -0.2) is 16.2 Å². The monoisotopic (exact) mass is 358 g/mol. The average molecular weight is 358 g/mol. The van der Waals surface area contributed by atoms with Gasteiger partial charge in [0.05, 0.1) is 16.6 Å². The summed E-state index contributed by atoms with van der Waals surface area (Å²) in [6, 6.07) is 11.5. The van der Waals surface area contributed by atoms with Crippen molar-refractivity contribution >= 4 is 51.9 Å². The molecule has 0 bridgehead atoms. The predicted octanol–water partition coefficient (Wildman–Crippen LogP) is 2.60. The maximum Gasteiger partial charge on any atom is 0.270 e. The Balaban J connectivity index is 1.93. The number of carbonyl (C=O) groups excluding carboxylic acids is 2. The number of nitrogens with zero attached hydrogens (tertiary/aromatic N) is 1. The molecule has 0 N–H and O–H groups in total. The number of carbonyl (C=O) groups is 2. The van der Waals surface area contributed by atoms with Crippen LogP contribution in [0.3, 0.4) is 0 Å². The molecule has 1 heterocycles. The van der Waals surface area contributed by atoms with Crippen molar-refractivity contribution in [3.63, 3.8) is 0 Å². The van der Waals surface area contributed by atoms with E-state index >= 15 is 0 Å². The van der Waals surface area contributed by atoms with Gasteiger partial charge in [0.15, 0.2) is 4.32 Å². The topological polar surface area (TPSA) is 60.4 Å². The van der Waals surface area contributed by atoms with E-state index in [0.717, 1.165) is 11.8 Å². The Bertz CT molecular complexity index is 878. The fourth-order valence-electron chi connectivity index (χ4n) is 2.17. The van der Waals surface area contributed by atoms with Gasteiger partial charge in [-0.15, -0.1) is 0 Å². The maximum atomic E-state index is 13.0. The van der Waals surface area contributed by atoms with Crippen LogP contribution in [0.5, 0.6) is 0 Å². The maximum absolute atomic E-state index is 13.0. The van der Waals surface area contributed by atoms with E-state index in [1.165, 1.54) is 35.2 Å². The Hall–Kier alpha value is -2.51. The zero-order chi connectivity index (χ0) is 17.3. The highest BCUT2D eigenvalue weighted by atomic mass is 32.2. The summed E-state index contributed by atoms with van der Waals surface area (Å²) < 4.78 is 13.2. The van der Waals surface area contributed by atoms with Crippen molar-refractivity contribution in [2.75, 3.05) is 4.90 Å². The van der Waals surface area contributed by atoms with Gasteiger partial charge in [0.2, 0.25) is 0 Å². The third-order valence-corrected chi connectivity index (χ3v) is 4.60. The van der Waals surface area contributed by atoms with Gasteiger partial charge >= 0.3 is 0 Å². The summed E-state index contributed by atoms with van der Waals surface area (Å²) in [6.07, 6.45) is 1.61. The normalized spacial score (nSPS) is 16.0. The van der Waals surface area contributed by atoms with Crippen molar-refractivity contribution in [1.29, 1.82) is 0 Å². The van der Waals surface area contributed by atoms with E-state index in [4.69, 9.17) is 12.2 Å². The molecule has 1 aliphatic rings. The summed E-state index contributed by atoms with van der Waals surface area (Å²) in [5.41, 5.74) is 0.992. The van der Waals surface area contributed by atoms with Gasteiger partial charge in [-0.25, -0.2) is 4.39 Å². The number of hydrogen-bond donors (Lipinski definition) is 0. The van der Waals surface area contributed by atoms with Gasteiger partial charge in [0.25, 0.3) is 5.91 Å². The van der Waals surface area contributed by atoms with E-state index in [1.807, 2.05) is 0 Å². The van der Waals surface area contributed by atoms with Crippen LogP contribution in [0.4, 0.5) is 10.1 Å². The summed E-state index contributed by atoms with van der Waals surface area (Å²) >= 11 is 6.33. The summed E-state index contributed by atoms with van der Waals surface area (Å²) in [6.45, 7) is 0. The Kier molecular flexibility index (Phi) is 4.46. The van der Waals surface area contributed by atoms with Crippen LogP contribution in [0, 0.1) is 5.82 Å². The van der Waals surface area contributed by atoms with Crippen LogP contribution in [0.15, 0.2) is 53.4 Å². The predicted molar refractivity (Wildman–Crippen MR) is 92.8 cm³/mol. The lowest BCUT2D eigenvalue weighted by Gasteiger charge is -2.15. The number of carboxylic acids is 1. The molecule has 2 aromatic rings. The minimum Gasteiger partial charge on any atom is -0.545 e. The summed E-state index contributed by atoms with van der Waals surface area (Å²) in [5, 5.41) is 11.0. The zero-order valence-corrected chi connectivity index (χ0v) is 13.7. The van der Waals surface area contributed by atoms with E-state index in [9.17, 15) is 19.1 Å². The molecule has 0 atom stereocenters. The molecule has 0 spiro atoms. The quantitative estimate of drug-likeness (QED) is 0.623. The van der Waals surface area contributed by atoms with Crippen molar-refractivity contribution in [1.82, 2.24) is 0 Å². The molecule has 2 aromatic carbocycles. The van der Waals surface area contributed by atoms with Gasteiger partial charge in [-0.2, -0.15) is 0 Å². The fraction of sp³-hybridized carbons (Fsp3) is 0. The Labute approximate surface area is 146 Å². The van der Waals surface area contributed by atoms with E-state index < -0.39 is 5.97 Å². The van der Waals surface area contributed by atoms with Crippen LogP contribution in [0.25, 0.3) is 6.08 Å². The van der Waals surface area contributed by atoms with Gasteiger partial charge in [0.1, 0.15) is 5.82 Å². The molecule has 7 heteroatoms. The van der Waals surface area contributed by atoms with Crippen molar-refractivity contribution in [2.24, 2.45) is 0 Å². The minimum atomic E-state index is -1.33. The van der Waals surface area contributed by atoms with Gasteiger partial charge < -0.3 is 9.90 Å². The minimum absolute atomic E-state index is 0.0379. The molecule has 0 aliphatic carbocycles. The number of amides is 1. The number of aromatic carboxylic acids is 1. The van der Waals surface area contributed by atoms with Gasteiger partial charge in [-0.1, -0.05) is 48.2 Å². The number of carboxylic acid groups (broad SMARTS) is 1. The average Bonchev–Trinajstić information content (AvgIpc) is 2.83. The molecule has 120 valence electrons. The second-order valence-electron chi connectivity index (χ2n) is 4.91. The lowest BCUT2D eigenvalue weighted by Crippen LogP contribution is -2.28. The molecule has 1 fully saturated rings. The van der Waals surface area contributed by atoms with E-state index in [0.29, 0.717) is 20.5 Å². The molecule has 4 nitrogen and oxygen atoms in total. The highest BCUT2D eigenvalue weighted by Gasteiger charge is 2.33. The first-order valence-electron chi connectivity index (χ1n) is 6.80. The number of thioether (sulfide) groups is 1. The first kappa shape index (κ1) is 16.4. The first-order valence-corrected chi connectivity index (χ1v) is 8.03. The van der Waals surface area contributed by atoms with Gasteiger partial charge in [-0.05, 0) is 41.5 Å². The largest absolute Gasteiger partial charge is 0.545 e. The summed E-state index contributed by atoms with van der Waals surface area (Å²) in [7, 11) is 0. The summed E-state index contributed by atoms with van der Waals surface area (Å²) in [4.78, 5) is 25.2. The highest BCUT2D eigenvalue weighted by Crippen LogP contribution is 2.36. The van der Waals surface area contributed by atoms with Crippen LogP contribution < -0.4 is 10.0 Å². The van der Waals surface area contributed by atoms with E-state index in [1.54, 1.807) is 24.3 Å². The van der Waals surface area contributed by atoms with Crippen LogP contribution >= 0.6 is 24.0 Å². The Morgan fingerprint density at radius 2 is 1.92 bits per heavy atom. The number of rotatable bonds is 3. The van der Waals surface area contributed by atoms with Gasteiger partial charge in [0, 0.05) is 0 Å². The standard InChI is InChI=1S/C17H10FNO3S2/c18-12-6-4-10(5-7-12)8-14-15(20)19(17(23)24-14)13-3-1-2-11(9-13)16(21)22/h1-9H,(H,21,22)/p-1/b14-8-. The number of anilines is 1. The second-order valence-corrected chi connectivity index (χ2v) is 6.58. The Morgan fingerprint density at radius 1 is 1.21 bits per heavy atom. The molecule has 0 unspecified atom stereocenters. The molecule has 3 rings (SSSR count). The van der Waals surface area contributed by atoms with Crippen molar-refractivity contribution in [3.05, 3.63) is 70.4 Å². The van der Waals surface area contributed by atoms with Crippen LogP contribution in [-0.2, 0) is 4.79 Å². The van der Waals surface area contributed by atoms with Crippen LogP contribution in [0.2, 0.25) is 0 Å². The Morgan fingerprint density at radius 3 is 2.58 bits per heavy atom. The van der Waals surface area contributed by atoms with E-state index in [2.05, 4.69) is 0 Å². The lowest BCUT2D eigenvalue weighted by molar-refractivity contribution is -0.255. The summed E-state index contributed by atoms with van der Waals surface area (Å²) in [5.74, 6) is -2.05. The molecule has 24 heavy (non-hydrogen) atoms. The third-order valence-electron chi connectivity index (χ3n) is 3.30. The van der Waals surface area contributed by atoms with Crippen molar-refractivity contribution in [2.45, 2.75) is 0 Å². The third kappa shape index (κ3) is 3.22. The molecular weight excluding hydrogens is 349 g/mol. The molecule has 1 saturated heterocycles. The highest BCUT2D eigenvalue weighted by molar-refractivity contribution is 8.27. The number of hydrogen-bond acceptors (Lipinski definition) is 5. The van der Waals surface area contributed by atoms with Gasteiger partial charge in [-0.3, -0.25) is 9.69 Å². The number of thiocarbonyl (C=S) groups is 1. The molecule has 0 aromatic heterocycles.